The Bertz CT molecular complexity index is 877. The van der Waals surface area contributed by atoms with Crippen LogP contribution in [-0.2, 0) is 4.79 Å². The number of carbonyl (C=O) groups is 1. The summed E-state index contributed by atoms with van der Waals surface area (Å²) >= 11 is 0. The summed E-state index contributed by atoms with van der Waals surface area (Å²) < 4.78 is 5.45. The Labute approximate surface area is 125 Å². The summed E-state index contributed by atoms with van der Waals surface area (Å²) in [6, 6.07) is 9.05. The smallest absolute Gasteiger partial charge is 0.268 e. The van der Waals surface area contributed by atoms with E-state index in [1.807, 2.05) is 12.1 Å². The van der Waals surface area contributed by atoms with Crippen LogP contribution in [0.15, 0.2) is 28.3 Å². The lowest BCUT2D eigenvalue weighted by Gasteiger charge is -2.08. The lowest BCUT2D eigenvalue weighted by atomic mass is 10.2. The first-order valence-electron chi connectivity index (χ1n) is 6.57. The summed E-state index contributed by atoms with van der Waals surface area (Å²) in [6.07, 6.45) is 2.53. The molecule has 22 heavy (non-hydrogen) atoms. The third-order valence-electron chi connectivity index (χ3n) is 3.41. The molecule has 1 aliphatic rings. The minimum absolute atomic E-state index is 0.105. The number of hydrogen-bond acceptors (Lipinski definition) is 6. The summed E-state index contributed by atoms with van der Waals surface area (Å²) in [5.41, 5.74) is 6.03. The number of hydrogen-bond donors (Lipinski definition) is 2. The van der Waals surface area contributed by atoms with Crippen molar-refractivity contribution in [1.82, 2.24) is 10.3 Å². The van der Waals surface area contributed by atoms with E-state index in [1.165, 1.54) is 6.08 Å². The highest BCUT2D eigenvalue weighted by Gasteiger charge is 2.44. The molecule has 1 amide bonds. The van der Waals surface area contributed by atoms with Gasteiger partial charge in [0.25, 0.3) is 5.91 Å². The van der Waals surface area contributed by atoms with Crippen molar-refractivity contribution in [2.75, 3.05) is 0 Å². The highest BCUT2D eigenvalue weighted by Crippen LogP contribution is 2.34. The predicted octanol–water partition coefficient (Wildman–Crippen LogP) is 1.17. The van der Waals surface area contributed by atoms with Crippen LogP contribution >= 0.6 is 0 Å². The number of benzene rings is 1. The van der Waals surface area contributed by atoms with Gasteiger partial charge in [-0.05, 0) is 25.0 Å². The van der Waals surface area contributed by atoms with Crippen molar-refractivity contribution in [2.45, 2.75) is 18.4 Å². The first-order chi connectivity index (χ1) is 10.6. The molecule has 0 unspecified atom stereocenters. The van der Waals surface area contributed by atoms with Crippen LogP contribution in [0.3, 0.4) is 0 Å². The van der Waals surface area contributed by atoms with Crippen molar-refractivity contribution in [1.29, 1.82) is 10.5 Å². The molecule has 1 aromatic carbocycles. The second-order valence-corrected chi connectivity index (χ2v) is 5.07. The number of rotatable bonds is 3. The highest BCUT2D eigenvalue weighted by molar-refractivity contribution is 5.97. The molecule has 3 rings (SSSR count). The molecule has 0 aliphatic heterocycles. The molecule has 1 aliphatic carbocycles. The number of nitrogens with zero attached hydrogens (tertiary/aromatic N) is 3. The number of fused-ring (bicyclic) bond motifs is 1. The monoisotopic (exact) mass is 293 g/mol. The number of nitriles is 2. The molecule has 7 heteroatoms. The summed E-state index contributed by atoms with van der Waals surface area (Å²) in [6.45, 7) is 0. The van der Waals surface area contributed by atoms with Crippen molar-refractivity contribution in [3.8, 4) is 12.1 Å². The number of carbonyl (C=O) groups excluding carboxylic acids is 1. The van der Waals surface area contributed by atoms with Gasteiger partial charge in [0, 0.05) is 6.08 Å². The van der Waals surface area contributed by atoms with Gasteiger partial charge in [0.2, 0.25) is 5.89 Å². The van der Waals surface area contributed by atoms with Crippen LogP contribution in [0.25, 0.3) is 17.2 Å². The molecule has 1 fully saturated rings. The van der Waals surface area contributed by atoms with Gasteiger partial charge in [0.1, 0.15) is 22.8 Å². The molecule has 3 N–H and O–H groups in total. The first kappa shape index (κ1) is 13.7. The maximum Gasteiger partial charge on any atom is 0.268 e. The molecular formula is C15H11N5O2. The Kier molecular flexibility index (Phi) is 3.04. The molecule has 108 valence electrons. The third-order valence-corrected chi connectivity index (χ3v) is 3.41. The fourth-order valence-electron chi connectivity index (χ4n) is 1.99. The molecular weight excluding hydrogens is 282 g/mol. The molecule has 1 aromatic heterocycles. The van der Waals surface area contributed by atoms with Crippen molar-refractivity contribution >= 4 is 23.1 Å². The fraction of sp³-hybridized carbons (Fsp3) is 0.200. The molecule has 0 atom stereocenters. The number of oxazole rings is 1. The molecule has 0 spiro atoms. The van der Waals surface area contributed by atoms with Gasteiger partial charge in [-0.2, -0.15) is 10.5 Å². The average molecular weight is 293 g/mol. The Balaban J connectivity index is 1.87. The molecule has 0 saturated heterocycles. The number of amides is 1. The van der Waals surface area contributed by atoms with Gasteiger partial charge in [-0.3, -0.25) is 4.79 Å². The molecule has 1 saturated carbocycles. The van der Waals surface area contributed by atoms with Gasteiger partial charge in [-0.15, -0.1) is 0 Å². The van der Waals surface area contributed by atoms with Crippen LogP contribution in [0, 0.1) is 22.7 Å². The number of nitrogens with two attached hydrogens (primary N) is 1. The Morgan fingerprint density at radius 2 is 2.23 bits per heavy atom. The summed E-state index contributed by atoms with van der Waals surface area (Å²) in [7, 11) is 0. The second-order valence-electron chi connectivity index (χ2n) is 5.07. The first-order valence-corrected chi connectivity index (χ1v) is 6.57. The van der Waals surface area contributed by atoms with Gasteiger partial charge >= 0.3 is 0 Å². The largest absolute Gasteiger partial charge is 0.435 e. The summed E-state index contributed by atoms with van der Waals surface area (Å²) in [5, 5.41) is 20.5. The van der Waals surface area contributed by atoms with Gasteiger partial charge in [-0.1, -0.05) is 6.07 Å². The maximum atomic E-state index is 11.9. The van der Waals surface area contributed by atoms with Crippen LogP contribution < -0.4 is 11.1 Å². The van der Waals surface area contributed by atoms with Gasteiger partial charge < -0.3 is 15.5 Å². The quantitative estimate of drug-likeness (QED) is 0.817. The normalized spacial score (nSPS) is 15.8. The van der Waals surface area contributed by atoms with Crippen molar-refractivity contribution < 1.29 is 9.21 Å². The highest BCUT2D eigenvalue weighted by atomic mass is 16.3. The van der Waals surface area contributed by atoms with Crippen molar-refractivity contribution in [2.24, 2.45) is 5.73 Å². The van der Waals surface area contributed by atoms with E-state index in [2.05, 4.69) is 10.3 Å². The van der Waals surface area contributed by atoms with Crippen molar-refractivity contribution in [3.63, 3.8) is 0 Å². The minimum Gasteiger partial charge on any atom is -0.435 e. The standard InChI is InChI=1S/C15H11N5O2/c16-7-9-2-1-3-11-13(9)22-12(19-11)6-10(18)14(21)20-15(8-17)4-5-15/h1-3,6H,4-5,18H2,(H,20,21)/b10-6-. The Morgan fingerprint density at radius 1 is 1.45 bits per heavy atom. The van der Waals surface area contributed by atoms with E-state index >= 15 is 0 Å². The summed E-state index contributed by atoms with van der Waals surface area (Å²) in [4.78, 5) is 16.1. The van der Waals surface area contributed by atoms with E-state index in [1.54, 1.807) is 18.2 Å². The van der Waals surface area contributed by atoms with E-state index in [-0.39, 0.29) is 11.6 Å². The zero-order valence-corrected chi connectivity index (χ0v) is 11.5. The SMILES string of the molecule is N#Cc1cccc2nc(/C=C(\N)C(=O)NC3(C#N)CC3)oc12. The van der Waals surface area contributed by atoms with Crippen LogP contribution in [0.2, 0.25) is 0 Å². The zero-order chi connectivity index (χ0) is 15.7. The van der Waals surface area contributed by atoms with Crippen LogP contribution in [0.1, 0.15) is 24.3 Å². The van der Waals surface area contributed by atoms with E-state index in [0.717, 1.165) is 0 Å². The molecule has 7 nitrogen and oxygen atoms in total. The Hall–Kier alpha value is -3.32. The number of nitrogens with one attached hydrogen (secondary N) is 1. The second kappa shape index (κ2) is 4.90. The van der Waals surface area contributed by atoms with Crippen LogP contribution in [-0.4, -0.2) is 16.4 Å². The number of aromatic nitrogens is 1. The molecule has 0 bridgehead atoms. The zero-order valence-electron chi connectivity index (χ0n) is 11.5. The van der Waals surface area contributed by atoms with E-state index in [0.29, 0.717) is 29.5 Å². The van der Waals surface area contributed by atoms with E-state index < -0.39 is 11.4 Å². The average Bonchev–Trinajstić information content (AvgIpc) is 3.17. The van der Waals surface area contributed by atoms with Crippen molar-refractivity contribution in [3.05, 3.63) is 35.4 Å². The maximum absolute atomic E-state index is 11.9. The minimum atomic E-state index is -0.787. The van der Waals surface area contributed by atoms with E-state index in [9.17, 15) is 4.79 Å². The molecule has 1 heterocycles. The predicted molar refractivity (Wildman–Crippen MR) is 76.6 cm³/mol. The van der Waals surface area contributed by atoms with Gasteiger partial charge in [0.15, 0.2) is 5.58 Å². The lowest BCUT2D eigenvalue weighted by Crippen LogP contribution is -2.38. The molecule has 2 aromatic rings. The summed E-state index contributed by atoms with van der Waals surface area (Å²) in [5.74, 6) is -0.408. The lowest BCUT2D eigenvalue weighted by molar-refractivity contribution is -0.118. The number of para-hydroxylation sites is 1. The Morgan fingerprint density at radius 3 is 2.86 bits per heavy atom. The van der Waals surface area contributed by atoms with Crippen LogP contribution in [0.4, 0.5) is 0 Å². The van der Waals surface area contributed by atoms with Gasteiger partial charge in [0.05, 0.1) is 11.6 Å². The third kappa shape index (κ3) is 2.36. The van der Waals surface area contributed by atoms with Gasteiger partial charge in [-0.25, -0.2) is 4.98 Å². The topological polar surface area (TPSA) is 129 Å². The van der Waals surface area contributed by atoms with E-state index in [4.69, 9.17) is 20.7 Å². The van der Waals surface area contributed by atoms with Crippen LogP contribution in [0.5, 0.6) is 0 Å². The molecule has 0 radical (unpaired) electrons. The fourth-order valence-corrected chi connectivity index (χ4v) is 1.99.